The Balaban J connectivity index is 3.02. The monoisotopic (exact) mass is 195 g/mol. The van der Waals surface area contributed by atoms with Crippen molar-refractivity contribution in [3.8, 4) is 5.75 Å². The maximum Gasteiger partial charge on any atom is 0.311 e. The Bertz CT molecular complexity index is 336. The molecule has 0 aliphatic rings. The SMILES string of the molecule is CCCOc1c(C)cccc1[N+](=O)[O-]. The van der Waals surface area contributed by atoms with Gasteiger partial charge in [0.25, 0.3) is 0 Å². The average molecular weight is 195 g/mol. The van der Waals surface area contributed by atoms with Gasteiger partial charge in [0.15, 0.2) is 5.75 Å². The zero-order valence-corrected chi connectivity index (χ0v) is 8.32. The third-order valence-electron chi connectivity index (χ3n) is 1.84. The van der Waals surface area contributed by atoms with Crippen molar-refractivity contribution >= 4 is 5.69 Å². The van der Waals surface area contributed by atoms with Crippen LogP contribution in [0.5, 0.6) is 5.75 Å². The predicted octanol–water partition coefficient (Wildman–Crippen LogP) is 2.69. The van der Waals surface area contributed by atoms with Crippen LogP contribution in [-0.2, 0) is 0 Å². The maximum absolute atomic E-state index is 10.7. The number of nitro groups is 1. The highest BCUT2D eigenvalue weighted by molar-refractivity contribution is 5.51. The summed E-state index contributed by atoms with van der Waals surface area (Å²) in [5, 5.41) is 10.7. The van der Waals surface area contributed by atoms with Crippen LogP contribution in [0.3, 0.4) is 0 Å². The Hall–Kier alpha value is -1.58. The molecule has 1 aromatic carbocycles. The first-order chi connectivity index (χ1) is 6.66. The highest BCUT2D eigenvalue weighted by atomic mass is 16.6. The summed E-state index contributed by atoms with van der Waals surface area (Å²) in [5.41, 5.74) is 0.839. The molecule has 14 heavy (non-hydrogen) atoms. The molecule has 0 radical (unpaired) electrons. The van der Waals surface area contributed by atoms with Crippen LogP contribution in [0.25, 0.3) is 0 Å². The standard InChI is InChI=1S/C10H13NO3/c1-3-7-14-10-8(2)5-4-6-9(10)11(12)13/h4-6H,3,7H2,1-2H3. The number of benzene rings is 1. The number of rotatable bonds is 4. The lowest BCUT2D eigenvalue weighted by Crippen LogP contribution is -2.00. The fourth-order valence-electron chi connectivity index (χ4n) is 1.17. The zero-order chi connectivity index (χ0) is 10.6. The van der Waals surface area contributed by atoms with E-state index in [1.54, 1.807) is 19.1 Å². The van der Waals surface area contributed by atoms with Crippen molar-refractivity contribution in [1.29, 1.82) is 0 Å². The summed E-state index contributed by atoms with van der Waals surface area (Å²) in [6.45, 7) is 4.27. The second kappa shape index (κ2) is 4.60. The fourth-order valence-corrected chi connectivity index (χ4v) is 1.17. The molecular weight excluding hydrogens is 182 g/mol. The van der Waals surface area contributed by atoms with Crippen LogP contribution < -0.4 is 4.74 Å². The minimum Gasteiger partial charge on any atom is -0.487 e. The van der Waals surface area contributed by atoms with Gasteiger partial charge in [-0.05, 0) is 18.9 Å². The highest BCUT2D eigenvalue weighted by Crippen LogP contribution is 2.30. The van der Waals surface area contributed by atoms with Crippen LogP contribution in [-0.4, -0.2) is 11.5 Å². The molecule has 1 rings (SSSR count). The van der Waals surface area contributed by atoms with Gasteiger partial charge in [0.2, 0.25) is 0 Å². The van der Waals surface area contributed by atoms with E-state index in [9.17, 15) is 10.1 Å². The van der Waals surface area contributed by atoms with Gasteiger partial charge in [0.1, 0.15) is 0 Å². The first-order valence-electron chi connectivity index (χ1n) is 4.53. The number of nitrogens with zero attached hydrogens (tertiary/aromatic N) is 1. The van der Waals surface area contributed by atoms with Crippen LogP contribution >= 0.6 is 0 Å². The molecule has 0 aliphatic carbocycles. The Morgan fingerprint density at radius 1 is 1.50 bits per heavy atom. The van der Waals surface area contributed by atoms with Gasteiger partial charge < -0.3 is 4.74 Å². The van der Waals surface area contributed by atoms with Gasteiger partial charge in [-0.15, -0.1) is 0 Å². The first-order valence-corrected chi connectivity index (χ1v) is 4.53. The summed E-state index contributed by atoms with van der Waals surface area (Å²) in [5.74, 6) is 0.388. The van der Waals surface area contributed by atoms with Crippen molar-refractivity contribution in [3.05, 3.63) is 33.9 Å². The summed E-state index contributed by atoms with van der Waals surface area (Å²) in [6, 6.07) is 4.92. The Kier molecular flexibility index (Phi) is 3.45. The largest absolute Gasteiger partial charge is 0.487 e. The Morgan fingerprint density at radius 2 is 2.21 bits per heavy atom. The van der Waals surface area contributed by atoms with Gasteiger partial charge >= 0.3 is 5.69 Å². The molecular formula is C10H13NO3. The third-order valence-corrected chi connectivity index (χ3v) is 1.84. The van der Waals surface area contributed by atoms with Gasteiger partial charge in [0, 0.05) is 6.07 Å². The lowest BCUT2D eigenvalue weighted by atomic mass is 10.2. The number of hydrogen-bond acceptors (Lipinski definition) is 3. The molecule has 76 valence electrons. The third kappa shape index (κ3) is 2.22. The van der Waals surface area contributed by atoms with Gasteiger partial charge in [-0.2, -0.15) is 0 Å². The minimum absolute atomic E-state index is 0.0402. The molecule has 0 bridgehead atoms. The second-order valence-corrected chi connectivity index (χ2v) is 3.03. The molecule has 0 aliphatic heterocycles. The van der Waals surface area contributed by atoms with E-state index in [1.807, 2.05) is 6.92 Å². The molecule has 0 saturated heterocycles. The van der Waals surface area contributed by atoms with E-state index in [-0.39, 0.29) is 5.69 Å². The quantitative estimate of drug-likeness (QED) is 0.548. The molecule has 1 aromatic rings. The molecule has 4 heteroatoms. The van der Waals surface area contributed by atoms with Crippen molar-refractivity contribution in [1.82, 2.24) is 0 Å². The van der Waals surface area contributed by atoms with Crippen molar-refractivity contribution in [2.75, 3.05) is 6.61 Å². The number of ether oxygens (including phenoxy) is 1. The van der Waals surface area contributed by atoms with E-state index < -0.39 is 4.92 Å². The number of hydrogen-bond donors (Lipinski definition) is 0. The Morgan fingerprint density at radius 3 is 2.79 bits per heavy atom. The second-order valence-electron chi connectivity index (χ2n) is 3.03. The average Bonchev–Trinajstić information content (AvgIpc) is 2.15. The van der Waals surface area contributed by atoms with Crippen LogP contribution in [0.15, 0.2) is 18.2 Å². The summed E-state index contributed by atoms with van der Waals surface area (Å²) in [6.07, 6.45) is 0.839. The van der Waals surface area contributed by atoms with Crippen molar-refractivity contribution < 1.29 is 9.66 Å². The molecule has 0 spiro atoms. The molecule has 0 saturated carbocycles. The molecule has 0 amide bonds. The van der Waals surface area contributed by atoms with Crippen molar-refractivity contribution in [2.24, 2.45) is 0 Å². The summed E-state index contributed by atoms with van der Waals surface area (Å²) in [7, 11) is 0. The van der Waals surface area contributed by atoms with E-state index in [2.05, 4.69) is 0 Å². The van der Waals surface area contributed by atoms with Crippen molar-refractivity contribution in [3.63, 3.8) is 0 Å². The van der Waals surface area contributed by atoms with Gasteiger partial charge in [-0.1, -0.05) is 19.1 Å². The lowest BCUT2D eigenvalue weighted by Gasteiger charge is -2.07. The minimum atomic E-state index is -0.419. The van der Waals surface area contributed by atoms with E-state index in [0.29, 0.717) is 12.4 Å². The number of nitro benzene ring substituents is 1. The van der Waals surface area contributed by atoms with Crippen LogP contribution in [0.4, 0.5) is 5.69 Å². The normalized spacial score (nSPS) is 9.86. The van der Waals surface area contributed by atoms with E-state index in [1.165, 1.54) is 6.07 Å². The first kappa shape index (κ1) is 10.5. The van der Waals surface area contributed by atoms with Gasteiger partial charge in [0.05, 0.1) is 11.5 Å². The van der Waals surface area contributed by atoms with Gasteiger partial charge in [-0.25, -0.2) is 0 Å². The maximum atomic E-state index is 10.7. The molecule has 0 fully saturated rings. The van der Waals surface area contributed by atoms with Crippen LogP contribution in [0.1, 0.15) is 18.9 Å². The molecule has 0 N–H and O–H groups in total. The lowest BCUT2D eigenvalue weighted by molar-refractivity contribution is -0.385. The van der Waals surface area contributed by atoms with E-state index >= 15 is 0 Å². The summed E-state index contributed by atoms with van der Waals surface area (Å²) in [4.78, 5) is 10.2. The van der Waals surface area contributed by atoms with Crippen LogP contribution in [0.2, 0.25) is 0 Å². The van der Waals surface area contributed by atoms with Crippen molar-refractivity contribution in [2.45, 2.75) is 20.3 Å². The summed E-state index contributed by atoms with van der Waals surface area (Å²) >= 11 is 0. The molecule has 0 aromatic heterocycles. The van der Waals surface area contributed by atoms with E-state index in [4.69, 9.17) is 4.74 Å². The molecule has 0 heterocycles. The molecule has 0 atom stereocenters. The fraction of sp³-hybridized carbons (Fsp3) is 0.400. The topological polar surface area (TPSA) is 52.4 Å². The number of aryl methyl sites for hydroxylation is 1. The number of para-hydroxylation sites is 1. The molecule has 4 nitrogen and oxygen atoms in total. The highest BCUT2D eigenvalue weighted by Gasteiger charge is 2.16. The predicted molar refractivity (Wildman–Crippen MR) is 53.6 cm³/mol. The van der Waals surface area contributed by atoms with E-state index in [0.717, 1.165) is 12.0 Å². The smallest absolute Gasteiger partial charge is 0.311 e. The van der Waals surface area contributed by atoms with Gasteiger partial charge in [-0.3, -0.25) is 10.1 Å². The Labute approximate surface area is 82.7 Å². The zero-order valence-electron chi connectivity index (χ0n) is 8.32. The summed E-state index contributed by atoms with van der Waals surface area (Å²) < 4.78 is 5.34. The molecule has 0 unspecified atom stereocenters. The van der Waals surface area contributed by atoms with Crippen LogP contribution in [0, 0.1) is 17.0 Å².